The van der Waals surface area contributed by atoms with Gasteiger partial charge in [0.25, 0.3) is 0 Å². The molecule has 4 heterocycles. The summed E-state index contributed by atoms with van der Waals surface area (Å²) in [5.74, 6) is 2.00. The van der Waals surface area contributed by atoms with Crippen molar-refractivity contribution < 1.29 is 9.53 Å². The van der Waals surface area contributed by atoms with Gasteiger partial charge in [-0.25, -0.2) is 9.97 Å². The summed E-state index contributed by atoms with van der Waals surface area (Å²) in [7, 11) is 0. The highest BCUT2D eigenvalue weighted by atomic mass is 16.5. The fourth-order valence-electron chi connectivity index (χ4n) is 7.42. The van der Waals surface area contributed by atoms with E-state index in [0.29, 0.717) is 12.5 Å². The van der Waals surface area contributed by atoms with E-state index in [1.54, 1.807) is 0 Å². The molecule has 2 aromatic heterocycles. The van der Waals surface area contributed by atoms with Gasteiger partial charge in [0.2, 0.25) is 5.95 Å². The molecule has 2 fully saturated rings. The van der Waals surface area contributed by atoms with Crippen LogP contribution in [0.5, 0.6) is 0 Å². The number of piperidine rings is 1. The number of para-hydroxylation sites is 4. The summed E-state index contributed by atoms with van der Waals surface area (Å²) in [5.41, 5.74) is 6.46. The van der Waals surface area contributed by atoms with Crippen LogP contribution in [0, 0.1) is 11.8 Å². The van der Waals surface area contributed by atoms with Crippen LogP contribution in [0.25, 0.3) is 33.5 Å². The van der Waals surface area contributed by atoms with Crippen molar-refractivity contribution in [1.82, 2.24) is 24.4 Å². The second kappa shape index (κ2) is 13.0. The Morgan fingerprint density at radius 3 is 2.17 bits per heavy atom. The molecular formula is C39H40N6O2. The van der Waals surface area contributed by atoms with Crippen LogP contribution in [0.1, 0.15) is 30.9 Å². The normalized spacial score (nSPS) is 17.8. The number of carbonyl (C=O) groups excluding carboxylic acids is 1. The number of nitrogens with one attached hydrogen (secondary N) is 1. The largest absolute Gasteiger partial charge is 0.463 e. The number of hydrogen-bond donors (Lipinski definition) is 1. The Hall–Kier alpha value is -4.95. The van der Waals surface area contributed by atoms with E-state index >= 15 is 0 Å². The number of ether oxygens (including phenoxy) is 1. The molecule has 0 saturated carbocycles. The summed E-state index contributed by atoms with van der Waals surface area (Å²) < 4.78 is 10.9. The summed E-state index contributed by atoms with van der Waals surface area (Å²) in [5, 5.41) is 3.54. The van der Waals surface area contributed by atoms with Gasteiger partial charge in [-0.15, -0.1) is 0 Å². The molecular weight excluding hydrogens is 584 g/mol. The van der Waals surface area contributed by atoms with Gasteiger partial charge >= 0.3 is 5.97 Å². The molecule has 0 aliphatic carbocycles. The van der Waals surface area contributed by atoms with Crippen LogP contribution in [0.2, 0.25) is 0 Å². The lowest BCUT2D eigenvalue weighted by molar-refractivity contribution is -0.150. The van der Waals surface area contributed by atoms with E-state index < -0.39 is 0 Å². The minimum Gasteiger partial charge on any atom is -0.463 e. The van der Waals surface area contributed by atoms with Gasteiger partial charge in [-0.3, -0.25) is 4.79 Å². The predicted molar refractivity (Wildman–Crippen MR) is 186 cm³/mol. The van der Waals surface area contributed by atoms with Crippen molar-refractivity contribution in [3.05, 3.63) is 115 Å². The number of anilines is 1. The second-order valence-electron chi connectivity index (χ2n) is 12.8. The van der Waals surface area contributed by atoms with Crippen molar-refractivity contribution in [2.24, 2.45) is 11.8 Å². The first-order valence-electron chi connectivity index (χ1n) is 16.9. The van der Waals surface area contributed by atoms with Crippen LogP contribution >= 0.6 is 0 Å². The smallest absolute Gasteiger partial charge is 0.309 e. The van der Waals surface area contributed by atoms with E-state index in [1.807, 2.05) is 36.4 Å². The van der Waals surface area contributed by atoms with Gasteiger partial charge in [-0.1, -0.05) is 84.9 Å². The molecule has 8 nitrogen and oxygen atoms in total. The molecule has 1 N–H and O–H groups in total. The Morgan fingerprint density at radius 1 is 0.787 bits per heavy atom. The topological polar surface area (TPSA) is 77.2 Å². The predicted octanol–water partition coefficient (Wildman–Crippen LogP) is 6.71. The van der Waals surface area contributed by atoms with Gasteiger partial charge in [0, 0.05) is 25.2 Å². The van der Waals surface area contributed by atoms with Crippen LogP contribution in [0.4, 0.5) is 5.95 Å². The Balaban J connectivity index is 1.000. The number of fused-ring (bicyclic) bond motifs is 2. The van der Waals surface area contributed by atoms with Gasteiger partial charge in [0.05, 0.1) is 40.6 Å². The number of hydrogen-bond acceptors (Lipinski definition) is 6. The lowest BCUT2D eigenvalue weighted by Gasteiger charge is -2.33. The highest BCUT2D eigenvalue weighted by molar-refractivity contribution is 5.81. The average molecular weight is 625 g/mol. The highest BCUT2D eigenvalue weighted by Gasteiger charge is 2.33. The van der Waals surface area contributed by atoms with Gasteiger partial charge < -0.3 is 24.1 Å². The van der Waals surface area contributed by atoms with Crippen molar-refractivity contribution in [3.8, 4) is 11.4 Å². The first-order valence-corrected chi connectivity index (χ1v) is 16.9. The maximum Gasteiger partial charge on any atom is 0.309 e. The lowest BCUT2D eigenvalue weighted by Crippen LogP contribution is -2.39. The van der Waals surface area contributed by atoms with Crippen molar-refractivity contribution >= 4 is 34.0 Å². The number of esters is 1. The molecule has 47 heavy (non-hydrogen) atoms. The molecule has 0 spiro atoms. The van der Waals surface area contributed by atoms with Crippen molar-refractivity contribution in [1.29, 1.82) is 0 Å². The number of rotatable bonds is 9. The zero-order valence-corrected chi connectivity index (χ0v) is 26.5. The number of benzene rings is 4. The number of aromatic nitrogens is 4. The van der Waals surface area contributed by atoms with Gasteiger partial charge in [0.1, 0.15) is 12.4 Å². The quantitative estimate of drug-likeness (QED) is 0.180. The van der Waals surface area contributed by atoms with E-state index in [0.717, 1.165) is 91.4 Å². The molecule has 6 aromatic rings. The van der Waals surface area contributed by atoms with E-state index in [-0.39, 0.29) is 17.9 Å². The third-order valence-corrected chi connectivity index (χ3v) is 9.93. The number of nitrogens with zero attached hydrogens (tertiary/aromatic N) is 5. The second-order valence-corrected chi connectivity index (χ2v) is 12.8. The van der Waals surface area contributed by atoms with Crippen LogP contribution in [-0.4, -0.2) is 57.9 Å². The summed E-state index contributed by atoms with van der Waals surface area (Å²) in [4.78, 5) is 26.2. The summed E-state index contributed by atoms with van der Waals surface area (Å²) in [6.07, 6.45) is 2.52. The maximum absolute atomic E-state index is 13.7. The average Bonchev–Trinajstić information content (AvgIpc) is 3.88. The fraction of sp³-hybridized carbons (Fsp3) is 0.308. The maximum atomic E-state index is 13.7. The minimum absolute atomic E-state index is 0.0189. The van der Waals surface area contributed by atoms with E-state index in [1.165, 1.54) is 5.56 Å². The summed E-state index contributed by atoms with van der Waals surface area (Å²) in [6.45, 7) is 4.47. The van der Waals surface area contributed by atoms with Crippen LogP contribution in [0.15, 0.2) is 109 Å². The Labute approximate surface area is 275 Å². The minimum atomic E-state index is -0.131. The van der Waals surface area contributed by atoms with Gasteiger partial charge in [-0.05, 0) is 61.6 Å². The summed E-state index contributed by atoms with van der Waals surface area (Å²) in [6, 6.07) is 37.5. The zero-order chi connectivity index (χ0) is 31.6. The number of carbonyl (C=O) groups is 1. The Morgan fingerprint density at radius 2 is 1.45 bits per heavy atom. The lowest BCUT2D eigenvalue weighted by atomic mass is 9.96. The van der Waals surface area contributed by atoms with Crippen LogP contribution in [0.3, 0.4) is 0 Å². The molecule has 2 saturated heterocycles. The highest BCUT2D eigenvalue weighted by Crippen LogP contribution is 2.35. The monoisotopic (exact) mass is 624 g/mol. The van der Waals surface area contributed by atoms with Crippen LogP contribution < -0.4 is 10.2 Å². The molecule has 2 unspecified atom stereocenters. The Kier molecular flexibility index (Phi) is 8.17. The Bertz CT molecular complexity index is 1970. The van der Waals surface area contributed by atoms with E-state index in [2.05, 4.69) is 92.1 Å². The van der Waals surface area contributed by atoms with Gasteiger partial charge in [-0.2, -0.15) is 0 Å². The molecule has 2 atom stereocenters. The molecule has 2 aliphatic rings. The van der Waals surface area contributed by atoms with Crippen LogP contribution in [-0.2, 0) is 16.1 Å². The SMILES string of the molecule is O=C(OCC(C1CCNC1)n1c(-c2ccccc2)nc2ccccc21)C1CCN(c2nc3ccccc3n2Cc2ccccc2)CC1. The van der Waals surface area contributed by atoms with Crippen molar-refractivity contribution in [2.45, 2.75) is 31.8 Å². The first kappa shape index (κ1) is 29.5. The fourth-order valence-corrected chi connectivity index (χ4v) is 7.42. The molecule has 0 radical (unpaired) electrons. The number of imidazole rings is 2. The molecule has 0 amide bonds. The third-order valence-electron chi connectivity index (χ3n) is 9.93. The van der Waals surface area contributed by atoms with Crippen molar-refractivity contribution in [3.63, 3.8) is 0 Å². The molecule has 0 bridgehead atoms. The zero-order valence-electron chi connectivity index (χ0n) is 26.5. The van der Waals surface area contributed by atoms with E-state index in [9.17, 15) is 4.79 Å². The standard InChI is InChI=1S/C39H40N6O2/c46-38(30-20-23-43(24-21-30)39-42-32-15-7-9-17-34(32)44(39)26-28-11-3-1-4-12-28)47-27-36(31-19-22-40-25-31)45-35-18-10-8-16-33(35)41-37(45)29-13-5-2-6-14-29/h1-18,30-31,36,40H,19-27H2. The third kappa shape index (κ3) is 5.89. The summed E-state index contributed by atoms with van der Waals surface area (Å²) >= 11 is 0. The van der Waals surface area contributed by atoms with Gasteiger partial charge in [0.15, 0.2) is 0 Å². The molecule has 8 rings (SSSR count). The molecule has 8 heteroatoms. The van der Waals surface area contributed by atoms with E-state index in [4.69, 9.17) is 14.7 Å². The molecule has 238 valence electrons. The molecule has 2 aliphatic heterocycles. The first-order chi connectivity index (χ1) is 23.2. The molecule has 4 aromatic carbocycles. The van der Waals surface area contributed by atoms with Crippen molar-refractivity contribution in [2.75, 3.05) is 37.7 Å².